The largest absolute Gasteiger partial charge is 0.352 e. The number of hydrogen-bond acceptors (Lipinski definition) is 4. The molecule has 0 spiro atoms. The number of carbonyl (C=O) groups excluding carboxylic acids is 1. The molecule has 7 nitrogen and oxygen atoms in total. The van der Waals surface area contributed by atoms with Crippen molar-refractivity contribution in [3.63, 3.8) is 0 Å². The van der Waals surface area contributed by atoms with Crippen molar-refractivity contribution in [1.82, 2.24) is 19.7 Å². The molecule has 0 aliphatic carbocycles. The lowest BCUT2D eigenvalue weighted by Crippen LogP contribution is -2.46. The maximum absolute atomic E-state index is 14.3. The third-order valence-electron chi connectivity index (χ3n) is 5.49. The number of hydrogen-bond donors (Lipinski definition) is 1. The van der Waals surface area contributed by atoms with E-state index in [4.69, 9.17) is 0 Å². The van der Waals surface area contributed by atoms with Gasteiger partial charge in [0.15, 0.2) is 0 Å². The Morgan fingerprint density at radius 3 is 2.29 bits per heavy atom. The summed E-state index contributed by atoms with van der Waals surface area (Å²) in [4.78, 5) is 39.5. The van der Waals surface area contributed by atoms with Gasteiger partial charge in [-0.05, 0) is 37.6 Å². The molecule has 0 saturated heterocycles. The highest BCUT2D eigenvalue weighted by Crippen LogP contribution is 2.12. The van der Waals surface area contributed by atoms with Crippen molar-refractivity contribution >= 4 is 5.91 Å². The van der Waals surface area contributed by atoms with Crippen molar-refractivity contribution in [1.29, 1.82) is 0 Å². The number of aromatic nitrogens is 3. The van der Waals surface area contributed by atoms with Gasteiger partial charge >= 0.3 is 5.69 Å². The molecule has 1 atom stereocenters. The van der Waals surface area contributed by atoms with E-state index >= 15 is 0 Å². The molecular weight excluding hydrogens is 435 g/mol. The quantitative estimate of drug-likeness (QED) is 0.480. The minimum atomic E-state index is -0.894. The Bertz CT molecular complexity index is 1440. The van der Waals surface area contributed by atoms with Crippen LogP contribution in [0.4, 0.5) is 4.39 Å². The maximum atomic E-state index is 14.3. The molecule has 0 radical (unpaired) electrons. The van der Waals surface area contributed by atoms with Crippen LogP contribution < -0.4 is 16.6 Å². The molecule has 0 unspecified atom stereocenters. The lowest BCUT2D eigenvalue weighted by molar-refractivity contribution is 0.0930. The van der Waals surface area contributed by atoms with E-state index in [0.717, 1.165) is 20.4 Å². The summed E-state index contributed by atoms with van der Waals surface area (Å²) in [5.74, 6) is -1.29. The van der Waals surface area contributed by atoms with Crippen LogP contribution in [0.2, 0.25) is 0 Å². The molecule has 0 aliphatic heterocycles. The fourth-order valence-electron chi connectivity index (χ4n) is 3.54. The van der Waals surface area contributed by atoms with Gasteiger partial charge in [0.1, 0.15) is 5.82 Å². The Kier molecular flexibility index (Phi) is 6.49. The van der Waals surface area contributed by atoms with Crippen LogP contribution in [0.5, 0.6) is 0 Å². The van der Waals surface area contributed by atoms with E-state index in [9.17, 15) is 18.8 Å². The molecule has 8 heteroatoms. The molecule has 0 bridgehead atoms. The van der Waals surface area contributed by atoms with Crippen molar-refractivity contribution < 1.29 is 9.18 Å². The normalized spacial score (nSPS) is 11.7. The summed E-state index contributed by atoms with van der Waals surface area (Å²) in [6, 6.07) is 21.6. The van der Waals surface area contributed by atoms with Crippen LogP contribution in [-0.4, -0.2) is 20.3 Å². The van der Waals surface area contributed by atoms with Crippen molar-refractivity contribution in [2.45, 2.75) is 26.4 Å². The Morgan fingerprint density at radius 1 is 0.971 bits per heavy atom. The highest BCUT2D eigenvalue weighted by atomic mass is 19.1. The Balaban J connectivity index is 1.82. The van der Waals surface area contributed by atoms with Gasteiger partial charge in [0.05, 0.1) is 18.3 Å². The summed E-state index contributed by atoms with van der Waals surface area (Å²) in [6.07, 6.45) is 0. The zero-order chi connectivity index (χ0) is 24.2. The van der Waals surface area contributed by atoms with Crippen LogP contribution in [0, 0.1) is 12.7 Å². The monoisotopic (exact) mass is 458 g/mol. The van der Waals surface area contributed by atoms with Gasteiger partial charge in [0.2, 0.25) is 5.69 Å². The van der Waals surface area contributed by atoms with Crippen LogP contribution in [0.1, 0.15) is 40.1 Å². The third kappa shape index (κ3) is 4.71. The number of rotatable bonds is 6. The topological polar surface area (TPSA) is 86.0 Å². The minimum absolute atomic E-state index is 0.146. The molecule has 1 amide bonds. The zero-order valence-electron chi connectivity index (χ0n) is 18.7. The fraction of sp³-hybridized carbons (Fsp3) is 0.154. The van der Waals surface area contributed by atoms with Crippen LogP contribution in [0.15, 0.2) is 88.5 Å². The van der Waals surface area contributed by atoms with Crippen LogP contribution >= 0.6 is 0 Å². The standard InChI is InChI=1S/C26H23FN4O3/c1-17-12-14-21(15-13-17)31-26(34)30(16-20-10-6-7-11-22(20)27)25(33)23(29-31)24(32)28-18(2)19-8-4-3-5-9-19/h3-15,18H,16H2,1-2H3,(H,28,32)/t18-/m1/s1. The number of halogens is 1. The number of benzene rings is 3. The summed E-state index contributed by atoms with van der Waals surface area (Å²) in [5, 5.41) is 6.87. The average Bonchev–Trinajstić information content (AvgIpc) is 2.84. The first-order valence-electron chi connectivity index (χ1n) is 10.8. The predicted octanol–water partition coefficient (Wildman–Crippen LogP) is 3.38. The number of nitrogens with zero attached hydrogens (tertiary/aromatic N) is 3. The molecule has 4 rings (SSSR count). The highest BCUT2D eigenvalue weighted by Gasteiger charge is 2.22. The van der Waals surface area contributed by atoms with E-state index in [0.29, 0.717) is 5.69 Å². The fourth-order valence-corrected chi connectivity index (χ4v) is 3.54. The highest BCUT2D eigenvalue weighted by molar-refractivity contribution is 5.92. The SMILES string of the molecule is Cc1ccc(-n2nc(C(=O)N[C@H](C)c3ccccc3)c(=O)n(Cc3ccccc3F)c2=O)cc1. The molecule has 0 fully saturated rings. The number of aryl methyl sites for hydroxylation is 1. The summed E-state index contributed by atoms with van der Waals surface area (Å²) in [5.41, 5.74) is 0.203. The van der Waals surface area contributed by atoms with Crippen LogP contribution in [0.3, 0.4) is 0 Å². The van der Waals surface area contributed by atoms with E-state index in [1.54, 1.807) is 37.3 Å². The van der Waals surface area contributed by atoms with Gasteiger partial charge in [-0.1, -0.05) is 66.2 Å². The van der Waals surface area contributed by atoms with Crippen LogP contribution in [-0.2, 0) is 6.54 Å². The lowest BCUT2D eigenvalue weighted by atomic mass is 10.1. The number of carbonyl (C=O) groups is 1. The molecule has 34 heavy (non-hydrogen) atoms. The van der Waals surface area contributed by atoms with Crippen LogP contribution in [0.25, 0.3) is 5.69 Å². The number of amides is 1. The maximum Gasteiger partial charge on any atom is 0.352 e. The van der Waals surface area contributed by atoms with Gasteiger partial charge in [-0.2, -0.15) is 9.78 Å². The third-order valence-corrected chi connectivity index (χ3v) is 5.49. The summed E-state index contributed by atoms with van der Waals surface area (Å²) < 4.78 is 16.1. The second kappa shape index (κ2) is 9.66. The zero-order valence-corrected chi connectivity index (χ0v) is 18.7. The molecule has 1 aromatic heterocycles. The van der Waals surface area contributed by atoms with E-state index in [-0.39, 0.29) is 12.1 Å². The first kappa shape index (κ1) is 22.8. The van der Waals surface area contributed by atoms with Crippen molar-refractivity contribution in [3.8, 4) is 5.69 Å². The Morgan fingerprint density at radius 2 is 1.62 bits per heavy atom. The average molecular weight is 458 g/mol. The van der Waals surface area contributed by atoms with E-state index in [2.05, 4.69) is 10.4 Å². The molecule has 0 saturated carbocycles. The smallest absolute Gasteiger partial charge is 0.344 e. The molecule has 4 aromatic rings. The van der Waals surface area contributed by atoms with Crippen molar-refractivity contribution in [3.05, 3.63) is 128 Å². The molecule has 1 N–H and O–H groups in total. The summed E-state index contributed by atoms with van der Waals surface area (Å²) >= 11 is 0. The van der Waals surface area contributed by atoms with Gasteiger partial charge in [-0.15, -0.1) is 0 Å². The van der Waals surface area contributed by atoms with E-state index < -0.39 is 34.7 Å². The first-order chi connectivity index (χ1) is 16.3. The Labute approximate surface area is 195 Å². The van der Waals surface area contributed by atoms with Gasteiger partial charge in [-0.25, -0.2) is 9.18 Å². The minimum Gasteiger partial charge on any atom is -0.344 e. The second-order valence-corrected chi connectivity index (χ2v) is 7.97. The summed E-state index contributed by atoms with van der Waals surface area (Å²) in [6.45, 7) is 3.33. The predicted molar refractivity (Wildman–Crippen MR) is 127 cm³/mol. The summed E-state index contributed by atoms with van der Waals surface area (Å²) in [7, 11) is 0. The lowest BCUT2D eigenvalue weighted by Gasteiger charge is -2.16. The van der Waals surface area contributed by atoms with Gasteiger partial charge in [-0.3, -0.25) is 14.2 Å². The van der Waals surface area contributed by atoms with E-state index in [1.165, 1.54) is 18.2 Å². The Hall–Kier alpha value is -4.33. The van der Waals surface area contributed by atoms with Gasteiger partial charge in [0.25, 0.3) is 11.5 Å². The second-order valence-electron chi connectivity index (χ2n) is 7.97. The number of nitrogens with one attached hydrogen (secondary N) is 1. The van der Waals surface area contributed by atoms with E-state index in [1.807, 2.05) is 37.3 Å². The molecule has 1 heterocycles. The van der Waals surface area contributed by atoms with Crippen molar-refractivity contribution in [2.24, 2.45) is 0 Å². The van der Waals surface area contributed by atoms with Crippen molar-refractivity contribution in [2.75, 3.05) is 0 Å². The van der Waals surface area contributed by atoms with Gasteiger partial charge in [0, 0.05) is 5.56 Å². The van der Waals surface area contributed by atoms with Gasteiger partial charge < -0.3 is 5.32 Å². The molecule has 0 aliphatic rings. The first-order valence-corrected chi connectivity index (χ1v) is 10.8. The molecule has 172 valence electrons. The molecular formula is C26H23FN4O3. The molecule has 3 aromatic carbocycles.